The Kier molecular flexibility index (Phi) is 5.39. The number of hydrogen-bond donors (Lipinski definition) is 5. The van der Waals surface area contributed by atoms with Crippen LogP contribution in [0.1, 0.15) is 36.0 Å². The molecule has 1 aliphatic carbocycles. The molecule has 1 fully saturated rings. The van der Waals surface area contributed by atoms with Crippen LogP contribution in [0.2, 0.25) is 0 Å². The summed E-state index contributed by atoms with van der Waals surface area (Å²) in [5.41, 5.74) is 13.6. The number of benzene rings is 1. The van der Waals surface area contributed by atoms with Gasteiger partial charge < -0.3 is 27.1 Å². The largest absolute Gasteiger partial charge is 0.365 e. The SMILES string of the molecule is NC(=O)c1cnc(NC2CCCCC2N)nc1Nc1ccc(-c2ncc[nH]2)cc1. The standard InChI is InChI=1S/C20H24N8O/c21-15-3-1-2-4-16(15)27-20-25-11-14(17(22)29)19(28-20)26-13-7-5-12(6-8-13)18-23-9-10-24-18/h5-11,15-16H,1-4,21H2,(H2,22,29)(H,23,24)(H2,25,26,27,28). The summed E-state index contributed by atoms with van der Waals surface area (Å²) in [4.78, 5) is 27.9. The van der Waals surface area contributed by atoms with Crippen molar-refractivity contribution < 1.29 is 4.79 Å². The molecule has 0 bridgehead atoms. The number of rotatable bonds is 6. The summed E-state index contributed by atoms with van der Waals surface area (Å²) in [7, 11) is 0. The fourth-order valence-corrected chi connectivity index (χ4v) is 3.50. The third-order valence-corrected chi connectivity index (χ3v) is 5.11. The number of aromatic nitrogens is 4. The number of carbonyl (C=O) groups excluding carboxylic acids is 1. The molecule has 0 aliphatic heterocycles. The highest BCUT2D eigenvalue weighted by molar-refractivity contribution is 5.98. The fraction of sp³-hybridized carbons (Fsp3) is 0.300. The molecular weight excluding hydrogens is 368 g/mol. The molecule has 0 saturated heterocycles. The second-order valence-corrected chi connectivity index (χ2v) is 7.16. The van der Waals surface area contributed by atoms with Crippen LogP contribution in [0.3, 0.4) is 0 Å². The van der Waals surface area contributed by atoms with Crippen molar-refractivity contribution >= 4 is 23.4 Å². The molecule has 1 saturated carbocycles. The van der Waals surface area contributed by atoms with E-state index in [0.29, 0.717) is 11.8 Å². The number of imidazole rings is 1. The predicted octanol–water partition coefficient (Wildman–Crippen LogP) is 2.39. The van der Waals surface area contributed by atoms with Crippen LogP contribution < -0.4 is 22.1 Å². The third kappa shape index (κ3) is 4.35. The Morgan fingerprint density at radius 1 is 1.14 bits per heavy atom. The number of H-pyrrole nitrogens is 1. The highest BCUT2D eigenvalue weighted by Crippen LogP contribution is 2.24. The quantitative estimate of drug-likeness (QED) is 0.432. The summed E-state index contributed by atoms with van der Waals surface area (Å²) in [5, 5.41) is 6.46. The average molecular weight is 392 g/mol. The van der Waals surface area contributed by atoms with E-state index >= 15 is 0 Å². The van der Waals surface area contributed by atoms with Gasteiger partial charge in [0.1, 0.15) is 17.2 Å². The molecule has 2 atom stereocenters. The molecule has 2 unspecified atom stereocenters. The van der Waals surface area contributed by atoms with Gasteiger partial charge in [0.05, 0.1) is 0 Å². The van der Waals surface area contributed by atoms with Gasteiger partial charge in [0.15, 0.2) is 0 Å². The maximum atomic E-state index is 11.8. The summed E-state index contributed by atoms with van der Waals surface area (Å²) in [6.45, 7) is 0. The normalized spacial score (nSPS) is 18.9. The minimum Gasteiger partial charge on any atom is -0.365 e. The summed E-state index contributed by atoms with van der Waals surface area (Å²) < 4.78 is 0. The summed E-state index contributed by atoms with van der Waals surface area (Å²) >= 11 is 0. The molecule has 7 N–H and O–H groups in total. The highest BCUT2D eigenvalue weighted by atomic mass is 16.1. The molecule has 1 aliphatic rings. The molecule has 29 heavy (non-hydrogen) atoms. The van der Waals surface area contributed by atoms with Crippen molar-refractivity contribution in [2.45, 2.75) is 37.8 Å². The molecule has 9 heteroatoms. The molecule has 9 nitrogen and oxygen atoms in total. The van der Waals surface area contributed by atoms with Gasteiger partial charge in [-0.3, -0.25) is 4.79 Å². The van der Waals surface area contributed by atoms with Gasteiger partial charge in [0.25, 0.3) is 5.91 Å². The maximum Gasteiger partial charge on any atom is 0.254 e. The number of aromatic amines is 1. The van der Waals surface area contributed by atoms with Gasteiger partial charge >= 0.3 is 0 Å². The summed E-state index contributed by atoms with van der Waals surface area (Å²) in [6.07, 6.45) is 9.12. The van der Waals surface area contributed by atoms with Crippen molar-refractivity contribution in [3.05, 3.63) is 48.4 Å². The Hall–Kier alpha value is -3.46. The smallest absolute Gasteiger partial charge is 0.254 e. The Morgan fingerprint density at radius 2 is 1.93 bits per heavy atom. The van der Waals surface area contributed by atoms with E-state index in [0.717, 1.165) is 42.8 Å². The number of hydrogen-bond acceptors (Lipinski definition) is 7. The van der Waals surface area contributed by atoms with Gasteiger partial charge in [-0.15, -0.1) is 0 Å². The predicted molar refractivity (Wildman–Crippen MR) is 112 cm³/mol. The number of amides is 1. The first-order chi connectivity index (χ1) is 14.1. The van der Waals surface area contributed by atoms with Crippen LogP contribution in [0.15, 0.2) is 42.9 Å². The maximum absolute atomic E-state index is 11.8. The topological polar surface area (TPSA) is 148 Å². The van der Waals surface area contributed by atoms with E-state index < -0.39 is 5.91 Å². The zero-order valence-corrected chi connectivity index (χ0v) is 15.9. The lowest BCUT2D eigenvalue weighted by atomic mass is 9.91. The van der Waals surface area contributed by atoms with E-state index in [1.165, 1.54) is 6.20 Å². The van der Waals surface area contributed by atoms with Gasteiger partial charge in [0.2, 0.25) is 5.95 Å². The van der Waals surface area contributed by atoms with Crippen molar-refractivity contribution in [1.29, 1.82) is 0 Å². The Labute approximate surface area is 168 Å². The van der Waals surface area contributed by atoms with Crippen molar-refractivity contribution in [2.24, 2.45) is 11.5 Å². The van der Waals surface area contributed by atoms with Crippen molar-refractivity contribution in [3.63, 3.8) is 0 Å². The summed E-state index contributed by atoms with van der Waals surface area (Å²) in [6, 6.07) is 7.79. The van der Waals surface area contributed by atoms with Gasteiger partial charge in [-0.1, -0.05) is 12.8 Å². The summed E-state index contributed by atoms with van der Waals surface area (Å²) in [5.74, 6) is 0.963. The molecule has 1 amide bonds. The lowest BCUT2D eigenvalue weighted by Crippen LogP contribution is -2.43. The number of anilines is 3. The first-order valence-corrected chi connectivity index (χ1v) is 9.66. The lowest BCUT2D eigenvalue weighted by Gasteiger charge is -2.29. The number of primary amides is 1. The van der Waals surface area contributed by atoms with Gasteiger partial charge in [-0.25, -0.2) is 9.97 Å². The van der Waals surface area contributed by atoms with Crippen molar-refractivity contribution in [3.8, 4) is 11.4 Å². The molecule has 2 aromatic heterocycles. The second kappa shape index (κ2) is 8.27. The molecule has 4 rings (SSSR count). The van der Waals surface area contributed by atoms with Gasteiger partial charge in [0, 0.05) is 41.9 Å². The first kappa shape index (κ1) is 18.9. The highest BCUT2D eigenvalue weighted by Gasteiger charge is 2.23. The fourth-order valence-electron chi connectivity index (χ4n) is 3.50. The molecule has 2 heterocycles. The van der Waals surface area contributed by atoms with E-state index in [1.807, 2.05) is 24.3 Å². The molecule has 0 spiro atoms. The number of nitrogens with two attached hydrogens (primary N) is 2. The van der Waals surface area contributed by atoms with Crippen LogP contribution in [0, 0.1) is 0 Å². The molecular formula is C20H24N8O. The van der Waals surface area contributed by atoms with E-state index in [4.69, 9.17) is 11.5 Å². The van der Waals surface area contributed by atoms with Crippen LogP contribution in [0.25, 0.3) is 11.4 Å². The van der Waals surface area contributed by atoms with E-state index in [2.05, 4.69) is 30.6 Å². The van der Waals surface area contributed by atoms with Crippen molar-refractivity contribution in [2.75, 3.05) is 10.6 Å². The van der Waals surface area contributed by atoms with Crippen LogP contribution in [-0.2, 0) is 0 Å². The van der Waals surface area contributed by atoms with Crippen molar-refractivity contribution in [1.82, 2.24) is 19.9 Å². The average Bonchev–Trinajstić information content (AvgIpc) is 3.25. The Bertz CT molecular complexity index is 971. The van der Waals surface area contributed by atoms with Gasteiger partial charge in [-0.05, 0) is 37.1 Å². The third-order valence-electron chi connectivity index (χ3n) is 5.11. The number of nitrogens with zero attached hydrogens (tertiary/aromatic N) is 3. The van der Waals surface area contributed by atoms with E-state index in [-0.39, 0.29) is 17.6 Å². The zero-order chi connectivity index (χ0) is 20.2. The first-order valence-electron chi connectivity index (χ1n) is 9.66. The van der Waals surface area contributed by atoms with E-state index in [1.54, 1.807) is 12.4 Å². The minimum atomic E-state index is -0.597. The lowest BCUT2D eigenvalue weighted by molar-refractivity contribution is 0.100. The van der Waals surface area contributed by atoms with Crippen LogP contribution in [-0.4, -0.2) is 37.9 Å². The Morgan fingerprint density at radius 3 is 2.62 bits per heavy atom. The minimum absolute atomic E-state index is 0.0636. The van der Waals surface area contributed by atoms with Crippen LogP contribution in [0.5, 0.6) is 0 Å². The van der Waals surface area contributed by atoms with Crippen LogP contribution in [0.4, 0.5) is 17.5 Å². The van der Waals surface area contributed by atoms with Crippen LogP contribution >= 0.6 is 0 Å². The zero-order valence-electron chi connectivity index (χ0n) is 15.9. The molecule has 150 valence electrons. The number of nitrogens with one attached hydrogen (secondary N) is 3. The number of carbonyl (C=O) groups is 1. The molecule has 1 aromatic carbocycles. The molecule has 3 aromatic rings. The monoisotopic (exact) mass is 392 g/mol. The van der Waals surface area contributed by atoms with E-state index in [9.17, 15) is 4.79 Å². The van der Waals surface area contributed by atoms with Gasteiger partial charge in [-0.2, -0.15) is 4.98 Å². The Balaban J connectivity index is 1.55. The molecule has 0 radical (unpaired) electrons. The second-order valence-electron chi connectivity index (χ2n) is 7.16.